The van der Waals surface area contributed by atoms with E-state index in [1.165, 1.54) is 88.8 Å². The Bertz CT molecular complexity index is 2950. The average Bonchev–Trinajstić information content (AvgIpc) is 3.72. The molecule has 0 spiro atoms. The SMILES string of the molecule is CCc1ccccc1-c1cccc(N(c2ccc(-c3cccc4c3c3ccccc3n4-c3ccccc3)cc2)c2ccc3c(c2)-c2ccccc2C3(C)C)c1CC. The van der Waals surface area contributed by atoms with Crippen molar-refractivity contribution < 1.29 is 0 Å². The molecule has 0 saturated heterocycles. The van der Waals surface area contributed by atoms with Gasteiger partial charge in [-0.1, -0.05) is 155 Å². The third-order valence-electron chi connectivity index (χ3n) is 12.4. The van der Waals surface area contributed by atoms with Gasteiger partial charge in [-0.3, -0.25) is 0 Å². The lowest BCUT2D eigenvalue weighted by Crippen LogP contribution is -2.16. The van der Waals surface area contributed by atoms with Crippen LogP contribution in [0.1, 0.15) is 49.9 Å². The fourth-order valence-electron chi connectivity index (χ4n) is 9.68. The van der Waals surface area contributed by atoms with Crippen molar-refractivity contribution >= 4 is 38.9 Å². The molecule has 0 aliphatic heterocycles. The fraction of sp³-hybridized carbons (Fsp3) is 0.127. The minimum Gasteiger partial charge on any atom is -0.310 e. The molecule has 1 aliphatic rings. The van der Waals surface area contributed by atoms with Crippen molar-refractivity contribution in [2.75, 3.05) is 4.90 Å². The van der Waals surface area contributed by atoms with Crippen molar-refractivity contribution in [3.63, 3.8) is 0 Å². The monoisotopic (exact) mass is 734 g/mol. The zero-order valence-corrected chi connectivity index (χ0v) is 33.1. The first-order chi connectivity index (χ1) is 28.0. The van der Waals surface area contributed by atoms with Crippen molar-refractivity contribution in [1.82, 2.24) is 4.57 Å². The zero-order valence-electron chi connectivity index (χ0n) is 33.1. The van der Waals surface area contributed by atoms with Crippen LogP contribution in [0.5, 0.6) is 0 Å². The van der Waals surface area contributed by atoms with Crippen LogP contribution in [0.15, 0.2) is 182 Å². The van der Waals surface area contributed by atoms with Gasteiger partial charge in [0.15, 0.2) is 0 Å². The van der Waals surface area contributed by atoms with Gasteiger partial charge < -0.3 is 9.47 Å². The van der Waals surface area contributed by atoms with Gasteiger partial charge in [0.1, 0.15) is 0 Å². The van der Waals surface area contributed by atoms with E-state index in [1.54, 1.807) is 0 Å². The van der Waals surface area contributed by atoms with Crippen molar-refractivity contribution in [1.29, 1.82) is 0 Å². The van der Waals surface area contributed by atoms with Crippen LogP contribution in [0.3, 0.4) is 0 Å². The maximum absolute atomic E-state index is 2.50. The number of nitrogens with zero attached hydrogens (tertiary/aromatic N) is 2. The van der Waals surface area contributed by atoms with Gasteiger partial charge in [-0.05, 0) is 123 Å². The second-order valence-corrected chi connectivity index (χ2v) is 15.8. The summed E-state index contributed by atoms with van der Waals surface area (Å²) in [5.74, 6) is 0. The number of aromatic nitrogens is 1. The molecule has 0 amide bonds. The van der Waals surface area contributed by atoms with Gasteiger partial charge in [-0.2, -0.15) is 0 Å². The quantitative estimate of drug-likeness (QED) is 0.151. The lowest BCUT2D eigenvalue weighted by molar-refractivity contribution is 0.660. The molecule has 1 aromatic heterocycles. The number of rotatable bonds is 8. The average molecular weight is 735 g/mol. The third kappa shape index (κ3) is 5.54. The van der Waals surface area contributed by atoms with Crippen LogP contribution in [0.2, 0.25) is 0 Å². The van der Waals surface area contributed by atoms with E-state index < -0.39 is 0 Å². The summed E-state index contributed by atoms with van der Waals surface area (Å²) >= 11 is 0. The molecule has 0 N–H and O–H groups in total. The van der Waals surface area contributed by atoms with Crippen LogP contribution in [0, 0.1) is 0 Å². The van der Waals surface area contributed by atoms with E-state index in [2.05, 4.69) is 219 Å². The van der Waals surface area contributed by atoms with Gasteiger partial charge in [-0.15, -0.1) is 0 Å². The van der Waals surface area contributed by atoms with Crippen molar-refractivity contribution in [2.45, 2.75) is 46.0 Å². The van der Waals surface area contributed by atoms with E-state index in [9.17, 15) is 0 Å². The van der Waals surface area contributed by atoms with Crippen LogP contribution < -0.4 is 4.90 Å². The van der Waals surface area contributed by atoms with E-state index in [0.717, 1.165) is 24.2 Å². The number of benzene rings is 8. The van der Waals surface area contributed by atoms with Crippen LogP contribution in [0.25, 0.3) is 60.9 Å². The lowest BCUT2D eigenvalue weighted by atomic mass is 9.82. The lowest BCUT2D eigenvalue weighted by Gasteiger charge is -2.30. The minimum atomic E-state index is -0.0556. The van der Waals surface area contributed by atoms with Gasteiger partial charge in [0.05, 0.1) is 11.0 Å². The molecule has 0 saturated carbocycles. The normalized spacial score (nSPS) is 12.8. The highest BCUT2D eigenvalue weighted by molar-refractivity contribution is 6.15. The Hall–Kier alpha value is -6.64. The van der Waals surface area contributed by atoms with Crippen molar-refractivity contribution in [2.24, 2.45) is 0 Å². The highest BCUT2D eigenvalue weighted by Gasteiger charge is 2.35. The Balaban J connectivity index is 1.16. The Morgan fingerprint density at radius 3 is 1.91 bits per heavy atom. The first-order valence-corrected chi connectivity index (χ1v) is 20.4. The number of fused-ring (bicyclic) bond motifs is 6. The predicted molar refractivity (Wildman–Crippen MR) is 243 cm³/mol. The predicted octanol–water partition coefficient (Wildman–Crippen LogP) is 15.0. The molecule has 2 heteroatoms. The number of para-hydroxylation sites is 2. The first kappa shape index (κ1) is 34.8. The van der Waals surface area contributed by atoms with Gasteiger partial charge in [0, 0.05) is 38.9 Å². The summed E-state index contributed by atoms with van der Waals surface area (Å²) in [6.45, 7) is 9.27. The minimum absolute atomic E-state index is 0.0556. The van der Waals surface area contributed by atoms with Crippen molar-refractivity contribution in [3.05, 3.63) is 204 Å². The second kappa shape index (κ2) is 13.8. The largest absolute Gasteiger partial charge is 0.310 e. The van der Waals surface area contributed by atoms with E-state index in [0.29, 0.717) is 0 Å². The third-order valence-corrected chi connectivity index (χ3v) is 12.4. The summed E-state index contributed by atoms with van der Waals surface area (Å²) < 4.78 is 2.40. The summed E-state index contributed by atoms with van der Waals surface area (Å²) in [5, 5.41) is 2.53. The molecule has 0 atom stereocenters. The molecule has 2 nitrogen and oxygen atoms in total. The van der Waals surface area contributed by atoms with Gasteiger partial charge in [0.2, 0.25) is 0 Å². The standard InChI is InChI=1S/C55H46N2/c1-5-37-18-10-11-21-43(37)45-25-17-28-51(42(45)6-2)56(41-34-35-50-48(36-41)46-22-12-14-26-49(46)55(50,3)4)40-32-30-38(31-33-40)44-24-16-29-53-54(44)47-23-13-15-27-52(47)57(53)39-19-8-7-9-20-39/h7-36H,5-6H2,1-4H3. The first-order valence-electron chi connectivity index (χ1n) is 20.4. The number of hydrogen-bond donors (Lipinski definition) is 0. The summed E-state index contributed by atoms with van der Waals surface area (Å²) in [7, 11) is 0. The molecule has 9 aromatic rings. The Morgan fingerprint density at radius 2 is 1.11 bits per heavy atom. The zero-order chi connectivity index (χ0) is 38.7. The second-order valence-electron chi connectivity index (χ2n) is 15.8. The van der Waals surface area contributed by atoms with E-state index in [-0.39, 0.29) is 5.41 Å². The molecule has 0 radical (unpaired) electrons. The Kier molecular flexibility index (Phi) is 8.45. The van der Waals surface area contributed by atoms with E-state index >= 15 is 0 Å². The number of aryl methyl sites for hydroxylation is 1. The molecule has 1 heterocycles. The highest BCUT2D eigenvalue weighted by Crippen LogP contribution is 2.51. The molecule has 0 unspecified atom stereocenters. The molecular formula is C55H46N2. The summed E-state index contributed by atoms with van der Waals surface area (Å²) in [6.07, 6.45) is 1.90. The van der Waals surface area contributed by atoms with Crippen LogP contribution in [-0.4, -0.2) is 4.57 Å². The van der Waals surface area contributed by atoms with E-state index in [1.807, 2.05) is 0 Å². The molecule has 8 aromatic carbocycles. The smallest absolute Gasteiger partial charge is 0.0547 e. The van der Waals surface area contributed by atoms with Gasteiger partial charge in [0.25, 0.3) is 0 Å². The summed E-state index contributed by atoms with van der Waals surface area (Å²) in [5.41, 5.74) is 20.3. The summed E-state index contributed by atoms with van der Waals surface area (Å²) in [6, 6.07) is 67.4. The molecule has 57 heavy (non-hydrogen) atoms. The molecular weight excluding hydrogens is 689 g/mol. The number of hydrogen-bond acceptors (Lipinski definition) is 1. The number of anilines is 3. The fourth-order valence-corrected chi connectivity index (χ4v) is 9.68. The maximum atomic E-state index is 2.50. The molecule has 1 aliphatic carbocycles. The van der Waals surface area contributed by atoms with Crippen LogP contribution in [0.4, 0.5) is 17.1 Å². The molecule has 0 bridgehead atoms. The summed E-state index contributed by atoms with van der Waals surface area (Å²) in [4.78, 5) is 2.50. The topological polar surface area (TPSA) is 8.17 Å². The van der Waals surface area contributed by atoms with Crippen molar-refractivity contribution in [3.8, 4) is 39.1 Å². The van der Waals surface area contributed by atoms with Crippen LogP contribution >= 0.6 is 0 Å². The molecule has 10 rings (SSSR count). The van der Waals surface area contributed by atoms with Gasteiger partial charge >= 0.3 is 0 Å². The highest BCUT2D eigenvalue weighted by atomic mass is 15.1. The van der Waals surface area contributed by atoms with E-state index in [4.69, 9.17) is 0 Å². The Morgan fingerprint density at radius 1 is 0.474 bits per heavy atom. The molecule has 276 valence electrons. The van der Waals surface area contributed by atoms with Gasteiger partial charge in [-0.25, -0.2) is 0 Å². The van der Waals surface area contributed by atoms with Crippen LogP contribution in [-0.2, 0) is 18.3 Å². The Labute approximate surface area is 336 Å². The maximum Gasteiger partial charge on any atom is 0.0547 e. The molecule has 0 fully saturated rings.